The van der Waals surface area contributed by atoms with Gasteiger partial charge in [0.2, 0.25) is 5.91 Å². The molecule has 0 aliphatic carbocycles. The fourth-order valence-electron chi connectivity index (χ4n) is 4.85. The molecule has 0 bridgehead atoms. The van der Waals surface area contributed by atoms with E-state index in [2.05, 4.69) is 67.9 Å². The number of carbonyl (C=O) groups is 2. The molecule has 0 radical (unpaired) electrons. The number of nitrogens with zero attached hydrogens (tertiary/aromatic N) is 2. The summed E-state index contributed by atoms with van der Waals surface area (Å²) in [5.41, 5.74) is 10.8. The van der Waals surface area contributed by atoms with E-state index in [4.69, 9.17) is 5.73 Å². The molecule has 1 fully saturated rings. The van der Waals surface area contributed by atoms with Gasteiger partial charge in [-0.15, -0.1) is 0 Å². The maximum Gasteiger partial charge on any atom is 0.314 e. The molecule has 0 unspecified atom stereocenters. The molecule has 6 heteroatoms. The number of aryl methyl sites for hydroxylation is 2. The first-order chi connectivity index (χ1) is 14.3. The van der Waals surface area contributed by atoms with Crippen LogP contribution in [-0.4, -0.2) is 34.5 Å². The Hall–Kier alpha value is -3.02. The van der Waals surface area contributed by atoms with Crippen LogP contribution in [-0.2, 0) is 4.79 Å². The van der Waals surface area contributed by atoms with Crippen LogP contribution in [0.2, 0.25) is 0 Å². The Kier molecular flexibility index (Phi) is 5.18. The van der Waals surface area contributed by atoms with E-state index in [1.165, 1.54) is 21.8 Å². The monoisotopic (exact) mass is 406 g/mol. The number of nitrogens with one attached hydrogen (secondary N) is 1. The molecule has 30 heavy (non-hydrogen) atoms. The smallest absolute Gasteiger partial charge is 0.314 e. The van der Waals surface area contributed by atoms with Gasteiger partial charge in [-0.2, -0.15) is 0 Å². The number of primary amides is 1. The molecular formula is C24H30N4O2. The molecule has 2 heterocycles. The molecule has 0 saturated carbocycles. The molecule has 6 nitrogen and oxygen atoms in total. The van der Waals surface area contributed by atoms with Crippen molar-refractivity contribution in [1.29, 1.82) is 0 Å². The quantitative estimate of drug-likeness (QED) is 0.660. The van der Waals surface area contributed by atoms with Crippen molar-refractivity contribution in [2.24, 2.45) is 11.7 Å². The number of likely N-dealkylation sites (tertiary alicyclic amines) is 1. The number of rotatable bonds is 3. The van der Waals surface area contributed by atoms with E-state index < -0.39 is 6.03 Å². The Morgan fingerprint density at radius 3 is 2.40 bits per heavy atom. The Labute approximate surface area is 177 Å². The van der Waals surface area contributed by atoms with Crippen molar-refractivity contribution in [1.82, 2.24) is 9.47 Å². The van der Waals surface area contributed by atoms with E-state index in [1.54, 1.807) is 4.90 Å². The minimum absolute atomic E-state index is 0.0252. The lowest BCUT2D eigenvalue weighted by Crippen LogP contribution is -2.43. The van der Waals surface area contributed by atoms with Crippen LogP contribution in [0, 0.1) is 19.8 Å². The number of para-hydroxylation sites is 1. The van der Waals surface area contributed by atoms with Gasteiger partial charge >= 0.3 is 6.03 Å². The van der Waals surface area contributed by atoms with Gasteiger partial charge in [0.1, 0.15) is 0 Å². The summed E-state index contributed by atoms with van der Waals surface area (Å²) >= 11 is 0. The Morgan fingerprint density at radius 2 is 1.77 bits per heavy atom. The van der Waals surface area contributed by atoms with E-state index >= 15 is 0 Å². The van der Waals surface area contributed by atoms with Crippen molar-refractivity contribution in [3.63, 3.8) is 0 Å². The first-order valence-electron chi connectivity index (χ1n) is 10.7. The number of aromatic nitrogens is 1. The van der Waals surface area contributed by atoms with Gasteiger partial charge in [0.05, 0.1) is 5.52 Å². The van der Waals surface area contributed by atoms with Gasteiger partial charge in [-0.25, -0.2) is 4.79 Å². The highest BCUT2D eigenvalue weighted by atomic mass is 16.2. The van der Waals surface area contributed by atoms with Gasteiger partial charge in [-0.1, -0.05) is 18.2 Å². The summed E-state index contributed by atoms with van der Waals surface area (Å²) in [6.45, 7) is 9.62. The summed E-state index contributed by atoms with van der Waals surface area (Å²) in [4.78, 5) is 26.0. The summed E-state index contributed by atoms with van der Waals surface area (Å²) in [7, 11) is 0. The van der Waals surface area contributed by atoms with Crippen molar-refractivity contribution in [3.8, 4) is 0 Å². The third kappa shape index (κ3) is 3.30. The highest BCUT2D eigenvalue weighted by Gasteiger charge is 2.27. The zero-order chi connectivity index (χ0) is 21.6. The predicted octanol–water partition coefficient (Wildman–Crippen LogP) is 4.72. The van der Waals surface area contributed by atoms with Crippen molar-refractivity contribution >= 4 is 39.4 Å². The average molecular weight is 407 g/mol. The summed E-state index contributed by atoms with van der Waals surface area (Å²) in [6, 6.07) is 10.6. The van der Waals surface area contributed by atoms with Gasteiger partial charge < -0.3 is 20.5 Å². The van der Waals surface area contributed by atoms with E-state index in [0.717, 1.165) is 16.8 Å². The molecule has 2 aromatic carbocycles. The Balaban J connectivity index is 1.71. The van der Waals surface area contributed by atoms with Gasteiger partial charge in [-0.3, -0.25) is 4.79 Å². The molecule has 3 N–H and O–H groups in total. The maximum absolute atomic E-state index is 13.0. The van der Waals surface area contributed by atoms with Crippen LogP contribution in [0.3, 0.4) is 0 Å². The second-order valence-corrected chi connectivity index (χ2v) is 8.66. The zero-order valence-electron chi connectivity index (χ0n) is 18.2. The van der Waals surface area contributed by atoms with E-state index in [9.17, 15) is 9.59 Å². The first kappa shape index (κ1) is 20.3. The highest BCUT2D eigenvalue weighted by molar-refractivity contribution is 6.12. The van der Waals surface area contributed by atoms with Gasteiger partial charge in [0.15, 0.2) is 0 Å². The van der Waals surface area contributed by atoms with Crippen LogP contribution in [0.1, 0.15) is 43.9 Å². The number of amides is 3. The van der Waals surface area contributed by atoms with Crippen LogP contribution in [0.25, 0.3) is 21.8 Å². The molecule has 3 aromatic rings. The first-order valence-corrected chi connectivity index (χ1v) is 10.7. The Morgan fingerprint density at radius 1 is 1.10 bits per heavy atom. The molecule has 158 valence electrons. The third-order valence-electron chi connectivity index (χ3n) is 6.39. The summed E-state index contributed by atoms with van der Waals surface area (Å²) in [6.07, 6.45) is 1.28. The van der Waals surface area contributed by atoms with Gasteiger partial charge in [0.25, 0.3) is 0 Å². The molecule has 1 aromatic heterocycles. The lowest BCUT2D eigenvalue weighted by atomic mass is 9.95. The third-order valence-corrected chi connectivity index (χ3v) is 6.39. The number of carbonyl (C=O) groups excluding carboxylic acids is 2. The topological polar surface area (TPSA) is 80.4 Å². The number of hydrogen-bond acceptors (Lipinski definition) is 2. The van der Waals surface area contributed by atoms with Crippen LogP contribution in [0.5, 0.6) is 0 Å². The molecule has 3 amide bonds. The van der Waals surface area contributed by atoms with E-state index in [1.807, 2.05) is 0 Å². The molecule has 4 rings (SSSR count). The summed E-state index contributed by atoms with van der Waals surface area (Å²) in [5.74, 6) is -0.0793. The van der Waals surface area contributed by atoms with E-state index in [-0.39, 0.29) is 11.8 Å². The number of benzene rings is 2. The normalized spacial score (nSPS) is 15.3. The number of urea groups is 1. The van der Waals surface area contributed by atoms with Crippen molar-refractivity contribution in [2.75, 3.05) is 18.4 Å². The predicted molar refractivity (Wildman–Crippen MR) is 122 cm³/mol. The largest absolute Gasteiger partial charge is 0.351 e. The number of piperidine rings is 1. The van der Waals surface area contributed by atoms with Crippen LogP contribution in [0.4, 0.5) is 10.5 Å². The maximum atomic E-state index is 13.0. The SMILES string of the molecule is Cc1cc2c(c(C)c1NC(=O)C1CCN(C(N)=O)CC1)c1ccccc1n2C(C)C. The number of fused-ring (bicyclic) bond motifs is 3. The second-order valence-electron chi connectivity index (χ2n) is 8.66. The molecule has 0 spiro atoms. The number of anilines is 1. The van der Waals surface area contributed by atoms with Crippen molar-refractivity contribution in [2.45, 2.75) is 46.6 Å². The summed E-state index contributed by atoms with van der Waals surface area (Å²) < 4.78 is 2.37. The summed E-state index contributed by atoms with van der Waals surface area (Å²) in [5, 5.41) is 5.61. The molecule has 1 aliphatic rings. The standard InChI is InChI=1S/C24H30N4O2/c1-14(2)28-19-8-6-5-7-18(19)21-16(4)22(15(3)13-20(21)28)26-23(29)17-9-11-27(12-10-17)24(25)30/h5-8,13-14,17H,9-12H2,1-4H3,(H2,25,30)(H,26,29). The average Bonchev–Trinajstić information content (AvgIpc) is 3.05. The minimum atomic E-state index is -0.410. The highest BCUT2D eigenvalue weighted by Crippen LogP contribution is 2.38. The molecule has 1 aliphatic heterocycles. The van der Waals surface area contributed by atoms with Gasteiger partial charge in [0, 0.05) is 47.0 Å². The minimum Gasteiger partial charge on any atom is -0.351 e. The fraction of sp³-hybridized carbons (Fsp3) is 0.417. The van der Waals surface area contributed by atoms with Crippen LogP contribution in [0.15, 0.2) is 30.3 Å². The number of nitrogens with two attached hydrogens (primary N) is 1. The lowest BCUT2D eigenvalue weighted by molar-refractivity contribution is -0.121. The molecule has 1 saturated heterocycles. The molecule has 0 atom stereocenters. The van der Waals surface area contributed by atoms with Crippen molar-refractivity contribution < 1.29 is 9.59 Å². The van der Waals surface area contributed by atoms with Crippen LogP contribution < -0.4 is 11.1 Å². The number of hydrogen-bond donors (Lipinski definition) is 2. The lowest BCUT2D eigenvalue weighted by Gasteiger charge is -2.30. The Bertz CT molecular complexity index is 1140. The van der Waals surface area contributed by atoms with Crippen LogP contribution >= 0.6 is 0 Å². The molecular weight excluding hydrogens is 376 g/mol. The second kappa shape index (κ2) is 7.67. The van der Waals surface area contributed by atoms with E-state index in [0.29, 0.717) is 32.0 Å². The van der Waals surface area contributed by atoms with Gasteiger partial charge in [-0.05, 0) is 63.8 Å². The van der Waals surface area contributed by atoms with Crippen molar-refractivity contribution in [3.05, 3.63) is 41.5 Å². The fourth-order valence-corrected chi connectivity index (χ4v) is 4.85. The zero-order valence-corrected chi connectivity index (χ0v) is 18.2.